The number of benzene rings is 2. The molecule has 0 bridgehead atoms. The number of thioether (sulfide) groups is 1. The summed E-state index contributed by atoms with van der Waals surface area (Å²) < 4.78 is 13.0. The van der Waals surface area contributed by atoms with E-state index in [4.69, 9.17) is 9.47 Å². The molecular weight excluding hydrogens is 386 g/mol. The van der Waals surface area contributed by atoms with Gasteiger partial charge in [-0.15, -0.1) is 11.8 Å². The van der Waals surface area contributed by atoms with Crippen LogP contribution in [-0.2, 0) is 17.9 Å². The number of carbonyl (C=O) groups excluding carboxylic acids is 1. The Morgan fingerprint density at radius 2 is 1.90 bits per heavy atom. The van der Waals surface area contributed by atoms with Gasteiger partial charge in [0.15, 0.2) is 11.5 Å². The van der Waals surface area contributed by atoms with Crippen molar-refractivity contribution >= 4 is 17.7 Å². The summed E-state index contributed by atoms with van der Waals surface area (Å²) in [7, 11) is 1.82. The second-order valence-corrected chi connectivity index (χ2v) is 7.92. The standard InChI is InChI=1S/C22H23N3O3S/c1-24(13-18-12-23-25(15-18)14-17-5-3-2-4-6-17)22(26)16-29-19-7-8-20-21(11-19)28-10-9-27-20/h2-8,11-12,15H,9-10,13-14,16H2,1H3. The summed E-state index contributed by atoms with van der Waals surface area (Å²) in [5, 5.41) is 4.41. The summed E-state index contributed by atoms with van der Waals surface area (Å²) in [4.78, 5) is 15.3. The first kappa shape index (κ1) is 19.4. The van der Waals surface area contributed by atoms with Crippen molar-refractivity contribution in [3.63, 3.8) is 0 Å². The third-order valence-corrected chi connectivity index (χ3v) is 5.57. The summed E-state index contributed by atoms with van der Waals surface area (Å²) >= 11 is 1.50. The highest BCUT2D eigenvalue weighted by molar-refractivity contribution is 8.00. The Morgan fingerprint density at radius 1 is 1.10 bits per heavy atom. The van der Waals surface area contributed by atoms with Gasteiger partial charge in [-0.1, -0.05) is 30.3 Å². The van der Waals surface area contributed by atoms with Crippen LogP contribution in [0.25, 0.3) is 0 Å². The molecule has 7 heteroatoms. The topological polar surface area (TPSA) is 56.6 Å². The van der Waals surface area contributed by atoms with Gasteiger partial charge in [0.25, 0.3) is 0 Å². The van der Waals surface area contributed by atoms with E-state index >= 15 is 0 Å². The van der Waals surface area contributed by atoms with Gasteiger partial charge >= 0.3 is 0 Å². The maximum atomic E-state index is 12.5. The molecule has 150 valence electrons. The summed E-state index contributed by atoms with van der Waals surface area (Å²) in [5.41, 5.74) is 2.21. The van der Waals surface area contributed by atoms with Gasteiger partial charge in [-0.2, -0.15) is 5.10 Å². The van der Waals surface area contributed by atoms with Crippen molar-refractivity contribution in [3.05, 3.63) is 72.1 Å². The predicted octanol–water partition coefficient (Wildman–Crippen LogP) is 3.45. The SMILES string of the molecule is CN(Cc1cnn(Cc2ccccc2)c1)C(=O)CSc1ccc2c(c1)OCCO2. The molecule has 1 aliphatic rings. The number of aromatic nitrogens is 2. The van der Waals surface area contributed by atoms with Gasteiger partial charge < -0.3 is 14.4 Å². The fourth-order valence-electron chi connectivity index (χ4n) is 3.08. The Balaban J connectivity index is 1.28. The van der Waals surface area contributed by atoms with Crippen LogP contribution in [0.5, 0.6) is 11.5 Å². The van der Waals surface area contributed by atoms with Crippen LogP contribution in [0.3, 0.4) is 0 Å². The zero-order valence-corrected chi connectivity index (χ0v) is 17.1. The number of hydrogen-bond donors (Lipinski definition) is 0. The van der Waals surface area contributed by atoms with Gasteiger partial charge in [-0.05, 0) is 23.8 Å². The van der Waals surface area contributed by atoms with E-state index in [1.54, 1.807) is 4.90 Å². The van der Waals surface area contributed by atoms with Crippen LogP contribution in [0, 0.1) is 0 Å². The van der Waals surface area contributed by atoms with Crippen molar-refractivity contribution in [2.24, 2.45) is 0 Å². The van der Waals surface area contributed by atoms with Crippen molar-refractivity contribution in [3.8, 4) is 11.5 Å². The molecule has 0 atom stereocenters. The minimum atomic E-state index is 0.0701. The van der Waals surface area contributed by atoms with Gasteiger partial charge in [0.1, 0.15) is 13.2 Å². The maximum Gasteiger partial charge on any atom is 0.232 e. The number of amides is 1. The van der Waals surface area contributed by atoms with E-state index < -0.39 is 0 Å². The van der Waals surface area contributed by atoms with E-state index in [0.29, 0.717) is 25.5 Å². The van der Waals surface area contributed by atoms with Gasteiger partial charge in [-0.3, -0.25) is 9.48 Å². The van der Waals surface area contributed by atoms with Crippen molar-refractivity contribution in [2.75, 3.05) is 26.0 Å². The first-order valence-corrected chi connectivity index (χ1v) is 10.5. The normalized spacial score (nSPS) is 12.6. The number of fused-ring (bicyclic) bond motifs is 1. The Kier molecular flexibility index (Phi) is 6.05. The van der Waals surface area contributed by atoms with Crippen LogP contribution in [0.4, 0.5) is 0 Å². The molecule has 2 aromatic carbocycles. The molecule has 4 rings (SSSR count). The predicted molar refractivity (Wildman–Crippen MR) is 112 cm³/mol. The van der Waals surface area contributed by atoms with Crippen molar-refractivity contribution in [2.45, 2.75) is 18.0 Å². The van der Waals surface area contributed by atoms with E-state index in [-0.39, 0.29) is 5.91 Å². The minimum Gasteiger partial charge on any atom is -0.486 e. The van der Waals surface area contributed by atoms with Crippen molar-refractivity contribution in [1.82, 2.24) is 14.7 Å². The molecule has 0 aliphatic carbocycles. The van der Waals surface area contributed by atoms with Crippen molar-refractivity contribution < 1.29 is 14.3 Å². The molecule has 6 nitrogen and oxygen atoms in total. The zero-order valence-electron chi connectivity index (χ0n) is 16.3. The number of carbonyl (C=O) groups is 1. The number of rotatable bonds is 7. The molecule has 3 aromatic rings. The van der Waals surface area contributed by atoms with Gasteiger partial charge in [0.2, 0.25) is 5.91 Å². The number of hydrogen-bond acceptors (Lipinski definition) is 5. The molecule has 0 N–H and O–H groups in total. The Bertz CT molecular complexity index is 974. The van der Waals surface area contributed by atoms with E-state index in [9.17, 15) is 4.79 Å². The molecule has 0 radical (unpaired) electrons. The zero-order chi connectivity index (χ0) is 20.1. The van der Waals surface area contributed by atoms with Crippen LogP contribution in [-0.4, -0.2) is 46.6 Å². The molecule has 29 heavy (non-hydrogen) atoms. The van der Waals surface area contributed by atoms with Crippen LogP contribution >= 0.6 is 11.8 Å². The quantitative estimate of drug-likeness (QED) is 0.560. The highest BCUT2D eigenvalue weighted by atomic mass is 32.2. The fraction of sp³-hybridized carbons (Fsp3) is 0.273. The van der Waals surface area contributed by atoms with Crippen LogP contribution in [0.15, 0.2) is 65.8 Å². The third-order valence-electron chi connectivity index (χ3n) is 4.60. The van der Waals surface area contributed by atoms with Gasteiger partial charge in [-0.25, -0.2) is 0 Å². The van der Waals surface area contributed by atoms with Crippen molar-refractivity contribution in [1.29, 1.82) is 0 Å². The molecule has 2 heterocycles. The molecule has 1 aliphatic heterocycles. The number of ether oxygens (including phenoxy) is 2. The van der Waals surface area contributed by atoms with Crippen LogP contribution in [0.1, 0.15) is 11.1 Å². The van der Waals surface area contributed by atoms with E-state index in [1.807, 2.05) is 60.5 Å². The Hall–Kier alpha value is -2.93. The van der Waals surface area contributed by atoms with E-state index in [2.05, 4.69) is 17.2 Å². The third kappa shape index (κ3) is 5.12. The average molecular weight is 410 g/mol. The molecule has 0 unspecified atom stereocenters. The Morgan fingerprint density at radius 3 is 2.72 bits per heavy atom. The van der Waals surface area contributed by atoms with Gasteiger partial charge in [0, 0.05) is 30.2 Å². The number of nitrogens with zero attached hydrogens (tertiary/aromatic N) is 3. The van der Waals surface area contributed by atoms with Gasteiger partial charge in [0.05, 0.1) is 18.5 Å². The highest BCUT2D eigenvalue weighted by Gasteiger charge is 2.14. The molecule has 1 aromatic heterocycles. The molecule has 1 amide bonds. The lowest BCUT2D eigenvalue weighted by atomic mass is 10.2. The molecule has 0 fully saturated rings. The minimum absolute atomic E-state index is 0.0701. The lowest BCUT2D eigenvalue weighted by Crippen LogP contribution is -2.27. The summed E-state index contributed by atoms with van der Waals surface area (Å²) in [6.45, 7) is 2.39. The monoisotopic (exact) mass is 409 g/mol. The molecule has 0 spiro atoms. The second kappa shape index (κ2) is 9.05. The summed E-state index contributed by atoms with van der Waals surface area (Å²) in [6.07, 6.45) is 3.81. The molecule has 0 saturated carbocycles. The molecule has 0 saturated heterocycles. The second-order valence-electron chi connectivity index (χ2n) is 6.88. The van der Waals surface area contributed by atoms with Crippen LogP contribution < -0.4 is 9.47 Å². The molecular formula is C22H23N3O3S. The smallest absolute Gasteiger partial charge is 0.232 e. The van der Waals surface area contributed by atoms with E-state index in [1.165, 1.54) is 17.3 Å². The summed E-state index contributed by atoms with van der Waals surface area (Å²) in [6, 6.07) is 16.0. The lowest BCUT2D eigenvalue weighted by molar-refractivity contribution is -0.127. The first-order valence-electron chi connectivity index (χ1n) is 9.49. The van der Waals surface area contributed by atoms with E-state index in [0.717, 1.165) is 28.5 Å². The highest BCUT2D eigenvalue weighted by Crippen LogP contribution is 2.34. The first-order chi connectivity index (χ1) is 14.2. The Labute approximate surface area is 174 Å². The maximum absolute atomic E-state index is 12.5. The fourth-order valence-corrected chi connectivity index (χ4v) is 3.94. The average Bonchev–Trinajstić information content (AvgIpc) is 3.19. The van der Waals surface area contributed by atoms with Crippen LogP contribution in [0.2, 0.25) is 0 Å². The summed E-state index contributed by atoms with van der Waals surface area (Å²) in [5.74, 6) is 1.94. The lowest BCUT2D eigenvalue weighted by Gasteiger charge is -2.19. The largest absolute Gasteiger partial charge is 0.486 e.